The Bertz CT molecular complexity index is 763. The summed E-state index contributed by atoms with van der Waals surface area (Å²) in [5, 5.41) is 6.39. The van der Waals surface area contributed by atoms with Crippen molar-refractivity contribution in [3.05, 3.63) is 41.5 Å². The van der Waals surface area contributed by atoms with Gasteiger partial charge in [-0.25, -0.2) is 13.8 Å². The molecule has 9 heteroatoms. The lowest BCUT2D eigenvalue weighted by Gasteiger charge is -2.32. The van der Waals surface area contributed by atoms with Crippen molar-refractivity contribution in [2.24, 2.45) is 4.99 Å². The minimum absolute atomic E-state index is 0.145. The molecule has 3 aliphatic rings. The minimum Gasteiger partial charge on any atom is -0.359 e. The van der Waals surface area contributed by atoms with Crippen LogP contribution in [-0.2, 0) is 0 Å². The Balaban J connectivity index is 1.53. The van der Waals surface area contributed by atoms with Crippen LogP contribution in [0.2, 0.25) is 0 Å². The van der Waals surface area contributed by atoms with Crippen molar-refractivity contribution >= 4 is 23.3 Å². The molecule has 0 amide bonds. The van der Waals surface area contributed by atoms with E-state index in [4.69, 9.17) is 11.6 Å². The summed E-state index contributed by atoms with van der Waals surface area (Å²) in [6.45, 7) is 1.01. The van der Waals surface area contributed by atoms with Gasteiger partial charge in [0.15, 0.2) is 0 Å². The molecule has 0 aliphatic carbocycles. The van der Waals surface area contributed by atoms with Crippen LogP contribution in [0.25, 0.3) is 0 Å². The normalized spacial score (nSPS) is 27.6. The van der Waals surface area contributed by atoms with E-state index in [0.29, 0.717) is 29.6 Å². The topological polar surface area (TPSA) is 65.4 Å². The van der Waals surface area contributed by atoms with Crippen molar-refractivity contribution < 1.29 is 8.78 Å². The lowest BCUT2D eigenvalue weighted by molar-refractivity contribution is -0.0384. The lowest BCUT2D eigenvalue weighted by atomic mass is 10.0. The van der Waals surface area contributed by atoms with Crippen LogP contribution in [0.1, 0.15) is 18.2 Å². The summed E-state index contributed by atoms with van der Waals surface area (Å²) in [5.74, 6) is -1.64. The van der Waals surface area contributed by atoms with Gasteiger partial charge in [-0.05, 0) is 12.2 Å². The number of alkyl halides is 2. The molecular weight excluding hydrogens is 350 g/mol. The molecule has 0 saturated carbocycles. The second-order valence-electron chi connectivity index (χ2n) is 6.21. The molecule has 25 heavy (non-hydrogen) atoms. The van der Waals surface area contributed by atoms with Gasteiger partial charge in [0, 0.05) is 25.7 Å². The highest BCUT2D eigenvalue weighted by Gasteiger charge is 2.41. The third-order valence-electron chi connectivity index (χ3n) is 4.49. The van der Waals surface area contributed by atoms with E-state index in [2.05, 4.69) is 25.6 Å². The van der Waals surface area contributed by atoms with Gasteiger partial charge in [0.25, 0.3) is 5.92 Å². The Labute approximate surface area is 148 Å². The number of nitrogens with one attached hydrogen (secondary N) is 2. The lowest BCUT2D eigenvalue weighted by Crippen LogP contribution is -2.52. The van der Waals surface area contributed by atoms with Crippen LogP contribution in [0, 0.1) is 0 Å². The summed E-state index contributed by atoms with van der Waals surface area (Å²) < 4.78 is 28.0. The first-order valence-electron chi connectivity index (χ1n) is 8.08. The summed E-state index contributed by atoms with van der Waals surface area (Å²) in [7, 11) is 0. The number of nitrogens with zero attached hydrogens (tertiary/aromatic N) is 4. The van der Waals surface area contributed by atoms with Gasteiger partial charge in [0.2, 0.25) is 0 Å². The zero-order chi connectivity index (χ0) is 17.4. The molecule has 1 fully saturated rings. The largest absolute Gasteiger partial charge is 0.359 e. The Kier molecular flexibility index (Phi) is 4.16. The predicted molar refractivity (Wildman–Crippen MR) is 91.8 cm³/mol. The standard InChI is InChI=1S/C16H17ClF2N6/c17-10-1-2-15-22-6-12(25(15)9-10)11-5-21-8-14(23-11)24-13-7-20-4-3-16(13,18)19/h1-2,5,8-9,12-13,20H,3-4,6-7H2,(H,23,24). The number of piperidine rings is 1. The molecule has 1 aromatic heterocycles. The summed E-state index contributed by atoms with van der Waals surface area (Å²) >= 11 is 6.07. The van der Waals surface area contributed by atoms with Gasteiger partial charge in [-0.15, -0.1) is 0 Å². The number of halogens is 3. The monoisotopic (exact) mass is 366 g/mol. The zero-order valence-corrected chi connectivity index (χ0v) is 14.0. The summed E-state index contributed by atoms with van der Waals surface area (Å²) in [6, 6.07) is -1.15. The molecule has 0 radical (unpaired) electrons. The molecular formula is C16H17ClF2N6. The van der Waals surface area contributed by atoms with E-state index in [9.17, 15) is 8.78 Å². The number of hydrogen-bond donors (Lipinski definition) is 2. The quantitative estimate of drug-likeness (QED) is 0.859. The van der Waals surface area contributed by atoms with E-state index < -0.39 is 12.0 Å². The highest BCUT2D eigenvalue weighted by atomic mass is 35.5. The molecule has 4 rings (SSSR count). The van der Waals surface area contributed by atoms with E-state index in [1.54, 1.807) is 18.5 Å². The number of aromatic nitrogens is 2. The first-order valence-corrected chi connectivity index (χ1v) is 8.46. The van der Waals surface area contributed by atoms with Crippen molar-refractivity contribution in [1.82, 2.24) is 20.2 Å². The molecule has 132 valence electrons. The maximum absolute atomic E-state index is 14.0. The second-order valence-corrected chi connectivity index (χ2v) is 6.65. The molecule has 6 nitrogen and oxygen atoms in total. The van der Waals surface area contributed by atoms with E-state index in [-0.39, 0.29) is 19.0 Å². The Morgan fingerprint density at radius 3 is 3.04 bits per heavy atom. The molecule has 3 aliphatic heterocycles. The fourth-order valence-corrected chi connectivity index (χ4v) is 3.31. The summed E-state index contributed by atoms with van der Waals surface area (Å²) in [5.41, 5.74) is 0.659. The third kappa shape index (κ3) is 3.23. The van der Waals surface area contributed by atoms with Crippen LogP contribution in [0.4, 0.5) is 14.6 Å². The van der Waals surface area contributed by atoms with E-state index in [1.165, 1.54) is 6.20 Å². The van der Waals surface area contributed by atoms with Gasteiger partial charge < -0.3 is 15.5 Å². The van der Waals surface area contributed by atoms with Gasteiger partial charge in [-0.2, -0.15) is 0 Å². The van der Waals surface area contributed by atoms with Gasteiger partial charge in [-0.3, -0.25) is 9.98 Å². The van der Waals surface area contributed by atoms with E-state index >= 15 is 0 Å². The van der Waals surface area contributed by atoms with Crippen LogP contribution < -0.4 is 10.6 Å². The molecule has 2 atom stereocenters. The number of hydrogen-bond acceptors (Lipinski definition) is 6. The number of aliphatic imine (C=N–C) groups is 1. The van der Waals surface area contributed by atoms with Crippen LogP contribution >= 0.6 is 11.6 Å². The van der Waals surface area contributed by atoms with Crippen molar-refractivity contribution in [3.63, 3.8) is 0 Å². The molecule has 2 N–H and O–H groups in total. The average molecular weight is 367 g/mol. The Hall–Kier alpha value is -2.06. The maximum Gasteiger partial charge on any atom is 0.270 e. The van der Waals surface area contributed by atoms with Crippen LogP contribution in [0.3, 0.4) is 0 Å². The van der Waals surface area contributed by atoms with Crippen molar-refractivity contribution in [3.8, 4) is 0 Å². The summed E-state index contributed by atoms with van der Waals surface area (Å²) in [6.07, 6.45) is 8.31. The highest BCUT2D eigenvalue weighted by molar-refractivity contribution is 6.32. The van der Waals surface area contributed by atoms with Crippen LogP contribution in [-0.4, -0.2) is 52.3 Å². The zero-order valence-electron chi connectivity index (χ0n) is 13.3. The van der Waals surface area contributed by atoms with Crippen molar-refractivity contribution in [1.29, 1.82) is 0 Å². The Morgan fingerprint density at radius 1 is 1.32 bits per heavy atom. The third-order valence-corrected chi connectivity index (χ3v) is 4.71. The highest BCUT2D eigenvalue weighted by Crippen LogP contribution is 2.31. The fourth-order valence-electron chi connectivity index (χ4n) is 3.14. The number of fused-ring (bicyclic) bond motifs is 1. The second kappa shape index (κ2) is 6.34. The number of rotatable bonds is 3. The van der Waals surface area contributed by atoms with E-state index in [1.807, 2.05) is 11.0 Å². The molecule has 1 saturated heterocycles. The fraction of sp³-hybridized carbons (Fsp3) is 0.438. The van der Waals surface area contributed by atoms with Crippen LogP contribution in [0.5, 0.6) is 0 Å². The number of anilines is 1. The van der Waals surface area contributed by atoms with Gasteiger partial charge in [-0.1, -0.05) is 11.6 Å². The van der Waals surface area contributed by atoms with Gasteiger partial charge in [0.05, 0.1) is 35.7 Å². The average Bonchev–Trinajstić information content (AvgIpc) is 3.00. The maximum atomic E-state index is 14.0. The first kappa shape index (κ1) is 16.4. The molecule has 0 aromatic carbocycles. The number of amidine groups is 1. The van der Waals surface area contributed by atoms with Gasteiger partial charge in [0.1, 0.15) is 17.7 Å². The minimum atomic E-state index is -2.78. The molecule has 0 bridgehead atoms. The molecule has 4 heterocycles. The van der Waals surface area contributed by atoms with Crippen molar-refractivity contribution in [2.75, 3.05) is 25.0 Å². The number of allylic oxidation sites excluding steroid dienone is 2. The molecule has 2 unspecified atom stereocenters. The first-order chi connectivity index (χ1) is 12.0. The molecule has 0 spiro atoms. The molecule has 1 aromatic rings. The summed E-state index contributed by atoms with van der Waals surface area (Å²) in [4.78, 5) is 15.0. The van der Waals surface area contributed by atoms with E-state index in [0.717, 1.165) is 5.84 Å². The smallest absolute Gasteiger partial charge is 0.270 e. The van der Waals surface area contributed by atoms with Crippen LogP contribution in [0.15, 0.2) is 40.8 Å². The Morgan fingerprint density at radius 2 is 2.20 bits per heavy atom. The van der Waals surface area contributed by atoms with Crippen molar-refractivity contribution in [2.45, 2.75) is 24.4 Å². The predicted octanol–water partition coefficient (Wildman–Crippen LogP) is 2.29. The SMILES string of the molecule is FC1(F)CCNCC1Nc1cncc(C2CN=C3C=CC(Cl)=CN32)n1. The van der Waals surface area contributed by atoms with Gasteiger partial charge >= 0.3 is 0 Å².